The van der Waals surface area contributed by atoms with Gasteiger partial charge in [-0.05, 0) is 12.0 Å². The minimum atomic E-state index is -2.89. The molecule has 1 rings (SSSR count). The van der Waals surface area contributed by atoms with Gasteiger partial charge in [-0.1, -0.05) is 24.3 Å². The predicted octanol–water partition coefficient (Wildman–Crippen LogP) is 1.97. The number of aliphatic hydroxyl groups is 1. The first-order valence-corrected chi connectivity index (χ1v) is 5.40. The Labute approximate surface area is 103 Å². The van der Waals surface area contributed by atoms with Gasteiger partial charge in [-0.25, -0.2) is 13.6 Å². The quantitative estimate of drug-likeness (QED) is 0.757. The molecular weight excluding hydrogens is 244 g/mol. The van der Waals surface area contributed by atoms with Gasteiger partial charge >= 0.3 is 6.09 Å². The first-order chi connectivity index (χ1) is 8.32. The van der Waals surface area contributed by atoms with Gasteiger partial charge in [0, 0.05) is 12.5 Å². The van der Waals surface area contributed by atoms with Crippen molar-refractivity contribution in [3.8, 4) is 0 Å². The van der Waals surface area contributed by atoms with Crippen molar-refractivity contribution in [1.82, 2.24) is 5.32 Å². The molecule has 0 aliphatic heterocycles. The molecule has 0 aliphatic carbocycles. The van der Waals surface area contributed by atoms with Gasteiger partial charge in [0.05, 0.1) is 12.6 Å². The number of amides is 1. The maximum Gasteiger partial charge on any atom is 0.404 e. The monoisotopic (exact) mass is 259 g/mol. The average Bonchev–Trinajstić information content (AvgIpc) is 2.27. The van der Waals surface area contributed by atoms with E-state index in [-0.39, 0.29) is 18.6 Å². The minimum absolute atomic E-state index is 0.0991. The summed E-state index contributed by atoms with van der Waals surface area (Å²) in [4.78, 5) is 10.4. The summed E-state index contributed by atoms with van der Waals surface area (Å²) < 4.78 is 25.9. The van der Waals surface area contributed by atoms with Gasteiger partial charge in [0.1, 0.15) is 0 Å². The summed E-state index contributed by atoms with van der Waals surface area (Å²) in [7, 11) is 0. The third kappa shape index (κ3) is 4.29. The number of alkyl halides is 2. The van der Waals surface area contributed by atoms with E-state index in [9.17, 15) is 13.6 Å². The Bertz CT molecular complexity index is 401. The Balaban J connectivity index is 2.71. The van der Waals surface area contributed by atoms with Crippen LogP contribution < -0.4 is 5.32 Å². The molecule has 1 aromatic rings. The molecule has 0 saturated heterocycles. The Morgan fingerprint density at radius 1 is 1.39 bits per heavy atom. The minimum Gasteiger partial charge on any atom is -0.465 e. The number of aliphatic hydroxyl groups excluding tert-OH is 1. The van der Waals surface area contributed by atoms with Crippen molar-refractivity contribution in [2.24, 2.45) is 0 Å². The number of halogens is 2. The predicted molar refractivity (Wildman–Crippen MR) is 61.7 cm³/mol. The maximum absolute atomic E-state index is 13.0. The van der Waals surface area contributed by atoms with Gasteiger partial charge in [0.2, 0.25) is 0 Å². The molecule has 1 aromatic carbocycles. The van der Waals surface area contributed by atoms with E-state index in [4.69, 9.17) is 10.2 Å². The van der Waals surface area contributed by atoms with Gasteiger partial charge in [0.25, 0.3) is 5.92 Å². The van der Waals surface area contributed by atoms with E-state index < -0.39 is 18.1 Å². The fourth-order valence-corrected chi connectivity index (χ4v) is 1.55. The fourth-order valence-electron chi connectivity index (χ4n) is 1.55. The largest absolute Gasteiger partial charge is 0.465 e. The Morgan fingerprint density at radius 3 is 2.33 bits per heavy atom. The number of nitrogens with one attached hydrogen (secondary N) is 1. The Hall–Kier alpha value is -1.69. The van der Waals surface area contributed by atoms with Crippen LogP contribution in [0.1, 0.15) is 18.1 Å². The normalized spacial score (nSPS) is 13.1. The molecule has 3 N–H and O–H groups in total. The van der Waals surface area contributed by atoms with Gasteiger partial charge in [0.15, 0.2) is 0 Å². The number of rotatable bonds is 5. The first-order valence-electron chi connectivity index (χ1n) is 5.40. The summed E-state index contributed by atoms with van der Waals surface area (Å²) in [6.45, 7) is 0.461. The molecule has 0 heterocycles. The van der Waals surface area contributed by atoms with Gasteiger partial charge in [-0.3, -0.25) is 0 Å². The number of benzene rings is 1. The number of carbonyl (C=O) groups is 1. The van der Waals surface area contributed by atoms with Gasteiger partial charge < -0.3 is 15.5 Å². The lowest BCUT2D eigenvalue weighted by Crippen LogP contribution is -2.38. The lowest BCUT2D eigenvalue weighted by Gasteiger charge is -2.15. The zero-order chi connectivity index (χ0) is 13.8. The van der Waals surface area contributed by atoms with Crippen LogP contribution in [0.3, 0.4) is 0 Å². The van der Waals surface area contributed by atoms with E-state index in [1.165, 1.54) is 24.3 Å². The van der Waals surface area contributed by atoms with E-state index in [0.717, 1.165) is 6.92 Å². The van der Waals surface area contributed by atoms with Crippen molar-refractivity contribution in [3.05, 3.63) is 35.4 Å². The standard InChI is InChI=1S/C12H15F2NO3/c1-12(13,14)9-4-2-8(3-5-9)6-10(7-16)15-11(17)18/h2-5,10,15-16H,6-7H2,1H3,(H,17,18). The lowest BCUT2D eigenvalue weighted by molar-refractivity contribution is 0.0174. The molecule has 0 spiro atoms. The van der Waals surface area contributed by atoms with Crippen LogP contribution in [0.5, 0.6) is 0 Å². The summed E-state index contributed by atoms with van der Waals surface area (Å²) in [6.07, 6.45) is -0.982. The summed E-state index contributed by atoms with van der Waals surface area (Å²) in [5.41, 5.74) is 0.578. The smallest absolute Gasteiger partial charge is 0.404 e. The molecule has 6 heteroatoms. The molecule has 0 radical (unpaired) electrons. The fraction of sp³-hybridized carbons (Fsp3) is 0.417. The van der Waals surface area contributed by atoms with Crippen LogP contribution in [0.4, 0.5) is 13.6 Å². The molecule has 0 aliphatic rings. The average molecular weight is 259 g/mol. The highest BCUT2D eigenvalue weighted by atomic mass is 19.3. The molecule has 0 fully saturated rings. The SMILES string of the molecule is CC(F)(F)c1ccc(CC(CO)NC(=O)O)cc1. The van der Waals surface area contributed by atoms with Crippen LogP contribution >= 0.6 is 0 Å². The molecule has 100 valence electrons. The Morgan fingerprint density at radius 2 is 1.94 bits per heavy atom. The van der Waals surface area contributed by atoms with E-state index in [0.29, 0.717) is 5.56 Å². The molecular formula is C12H15F2NO3. The zero-order valence-corrected chi connectivity index (χ0v) is 9.86. The van der Waals surface area contributed by atoms with E-state index >= 15 is 0 Å². The molecule has 1 amide bonds. The highest BCUT2D eigenvalue weighted by Gasteiger charge is 2.23. The van der Waals surface area contributed by atoms with Crippen molar-refractivity contribution in [2.75, 3.05) is 6.61 Å². The van der Waals surface area contributed by atoms with Crippen molar-refractivity contribution in [2.45, 2.75) is 25.3 Å². The van der Waals surface area contributed by atoms with Crippen molar-refractivity contribution >= 4 is 6.09 Å². The molecule has 1 atom stereocenters. The Kier molecular flexibility index (Phi) is 4.61. The highest BCUT2D eigenvalue weighted by Crippen LogP contribution is 2.26. The van der Waals surface area contributed by atoms with Crippen LogP contribution in [-0.2, 0) is 12.3 Å². The molecule has 1 unspecified atom stereocenters. The third-order valence-corrected chi connectivity index (χ3v) is 2.49. The number of hydrogen-bond donors (Lipinski definition) is 3. The zero-order valence-electron chi connectivity index (χ0n) is 9.86. The van der Waals surface area contributed by atoms with Crippen LogP contribution in [0.25, 0.3) is 0 Å². The van der Waals surface area contributed by atoms with E-state index in [1.807, 2.05) is 0 Å². The van der Waals surface area contributed by atoms with Gasteiger partial charge in [-0.15, -0.1) is 0 Å². The second-order valence-electron chi connectivity index (χ2n) is 4.12. The topological polar surface area (TPSA) is 69.6 Å². The van der Waals surface area contributed by atoms with Crippen LogP contribution in [0.2, 0.25) is 0 Å². The second kappa shape index (κ2) is 5.77. The summed E-state index contributed by atoms with van der Waals surface area (Å²) >= 11 is 0. The highest BCUT2D eigenvalue weighted by molar-refractivity contribution is 5.64. The number of carboxylic acid groups (broad SMARTS) is 1. The van der Waals surface area contributed by atoms with Crippen molar-refractivity contribution in [3.63, 3.8) is 0 Å². The molecule has 4 nitrogen and oxygen atoms in total. The summed E-state index contributed by atoms with van der Waals surface area (Å²) in [5, 5.41) is 19.6. The van der Waals surface area contributed by atoms with E-state index in [1.54, 1.807) is 0 Å². The molecule has 0 bridgehead atoms. The van der Waals surface area contributed by atoms with Crippen LogP contribution in [0, 0.1) is 0 Å². The molecule has 18 heavy (non-hydrogen) atoms. The second-order valence-corrected chi connectivity index (χ2v) is 4.12. The molecule has 0 aromatic heterocycles. The third-order valence-electron chi connectivity index (χ3n) is 2.49. The first kappa shape index (κ1) is 14.4. The maximum atomic E-state index is 13.0. The van der Waals surface area contributed by atoms with Crippen LogP contribution in [0.15, 0.2) is 24.3 Å². The van der Waals surface area contributed by atoms with Crippen molar-refractivity contribution in [1.29, 1.82) is 0 Å². The summed E-state index contributed by atoms with van der Waals surface area (Å²) in [5.74, 6) is -2.89. The summed E-state index contributed by atoms with van der Waals surface area (Å²) in [6, 6.07) is 4.95. The van der Waals surface area contributed by atoms with E-state index in [2.05, 4.69) is 5.32 Å². The van der Waals surface area contributed by atoms with Crippen LogP contribution in [-0.4, -0.2) is 29.0 Å². The number of hydrogen-bond acceptors (Lipinski definition) is 2. The molecule has 0 saturated carbocycles. The van der Waals surface area contributed by atoms with Crippen molar-refractivity contribution < 1.29 is 23.8 Å². The van der Waals surface area contributed by atoms with Gasteiger partial charge in [-0.2, -0.15) is 0 Å². The lowest BCUT2D eigenvalue weighted by atomic mass is 10.0.